The molecule has 64 valence electrons. The largest absolute Gasteiger partial charge is 0.134 e. The maximum absolute atomic E-state index is 2.45. The molecule has 1 aliphatic carbocycles. The number of thioether (sulfide) groups is 1. The summed E-state index contributed by atoms with van der Waals surface area (Å²) in [6, 6.07) is 0. The summed E-state index contributed by atoms with van der Waals surface area (Å²) in [7, 11) is 0. The fraction of sp³-hybridized carbons (Fsp3) is 0.800. The smallest absolute Gasteiger partial charge is 0.0131 e. The highest BCUT2D eigenvalue weighted by Gasteiger charge is 2.22. The number of hydrogen-bond donors (Lipinski definition) is 0. The predicted octanol–water partition coefficient (Wildman–Crippen LogP) is 3.55. The molecule has 1 aliphatic rings. The Labute approximate surface area is 74.5 Å². The van der Waals surface area contributed by atoms with Gasteiger partial charge in [-0.15, -0.1) is 11.8 Å². The molecule has 0 aromatic rings. The number of rotatable bonds is 1. The molecule has 0 heterocycles. The van der Waals surface area contributed by atoms with Crippen molar-refractivity contribution in [2.45, 2.75) is 27.2 Å². The third-order valence-electron chi connectivity index (χ3n) is 2.77. The van der Waals surface area contributed by atoms with Crippen LogP contribution in [-0.4, -0.2) is 6.26 Å². The first-order valence-electron chi connectivity index (χ1n) is 4.40. The predicted molar refractivity (Wildman–Crippen MR) is 53.7 cm³/mol. The second-order valence-electron chi connectivity index (χ2n) is 3.75. The molecule has 11 heavy (non-hydrogen) atoms. The summed E-state index contributed by atoms with van der Waals surface area (Å²) in [6.07, 6.45) is 6.00. The van der Waals surface area contributed by atoms with Crippen LogP contribution in [0.2, 0.25) is 0 Å². The molecular formula is C10H18S. The van der Waals surface area contributed by atoms with Gasteiger partial charge in [0, 0.05) is 0 Å². The van der Waals surface area contributed by atoms with E-state index in [1.165, 1.54) is 6.42 Å². The minimum Gasteiger partial charge on any atom is -0.134 e. The van der Waals surface area contributed by atoms with Crippen molar-refractivity contribution < 1.29 is 0 Å². The number of allylic oxidation sites excluding steroid dienone is 2. The molecule has 0 amide bonds. The lowest BCUT2D eigenvalue weighted by Crippen LogP contribution is -2.16. The SMILES string of the molecule is CSC1=CC(C)C(C)CC1C. The zero-order valence-corrected chi connectivity index (χ0v) is 8.74. The molecule has 3 unspecified atom stereocenters. The Bertz CT molecular complexity index is 160. The summed E-state index contributed by atoms with van der Waals surface area (Å²) >= 11 is 1.92. The van der Waals surface area contributed by atoms with Crippen LogP contribution in [0.1, 0.15) is 27.2 Å². The highest BCUT2D eigenvalue weighted by molar-refractivity contribution is 8.02. The van der Waals surface area contributed by atoms with Crippen LogP contribution in [0.4, 0.5) is 0 Å². The van der Waals surface area contributed by atoms with Gasteiger partial charge in [0.05, 0.1) is 0 Å². The highest BCUT2D eigenvalue weighted by Crippen LogP contribution is 2.36. The van der Waals surface area contributed by atoms with Gasteiger partial charge in [0.1, 0.15) is 0 Å². The van der Waals surface area contributed by atoms with Crippen molar-refractivity contribution in [3.05, 3.63) is 11.0 Å². The van der Waals surface area contributed by atoms with Gasteiger partial charge in [-0.05, 0) is 35.3 Å². The first kappa shape index (κ1) is 9.18. The summed E-state index contributed by atoms with van der Waals surface area (Å²) in [5.41, 5.74) is 0. The molecule has 0 saturated carbocycles. The van der Waals surface area contributed by atoms with Crippen molar-refractivity contribution in [3.63, 3.8) is 0 Å². The molecular weight excluding hydrogens is 152 g/mol. The normalized spacial score (nSPS) is 38.5. The van der Waals surface area contributed by atoms with E-state index in [4.69, 9.17) is 0 Å². The highest BCUT2D eigenvalue weighted by atomic mass is 32.2. The maximum Gasteiger partial charge on any atom is -0.0131 e. The van der Waals surface area contributed by atoms with Gasteiger partial charge >= 0.3 is 0 Å². The molecule has 0 fully saturated rings. The van der Waals surface area contributed by atoms with Crippen molar-refractivity contribution in [3.8, 4) is 0 Å². The van der Waals surface area contributed by atoms with Crippen LogP contribution in [0.25, 0.3) is 0 Å². The molecule has 0 spiro atoms. The Balaban J connectivity index is 2.70. The summed E-state index contributed by atoms with van der Waals surface area (Å²) < 4.78 is 0. The molecule has 3 atom stereocenters. The van der Waals surface area contributed by atoms with Crippen molar-refractivity contribution in [2.75, 3.05) is 6.26 Å². The monoisotopic (exact) mass is 170 g/mol. The topological polar surface area (TPSA) is 0 Å². The van der Waals surface area contributed by atoms with Gasteiger partial charge < -0.3 is 0 Å². The van der Waals surface area contributed by atoms with Crippen LogP contribution in [0.5, 0.6) is 0 Å². The zero-order chi connectivity index (χ0) is 8.43. The van der Waals surface area contributed by atoms with Crippen LogP contribution in [-0.2, 0) is 0 Å². The first-order valence-corrected chi connectivity index (χ1v) is 5.63. The van der Waals surface area contributed by atoms with Crippen LogP contribution >= 0.6 is 11.8 Å². The molecule has 0 bridgehead atoms. The van der Waals surface area contributed by atoms with E-state index in [0.29, 0.717) is 0 Å². The Morgan fingerprint density at radius 3 is 2.55 bits per heavy atom. The lowest BCUT2D eigenvalue weighted by Gasteiger charge is -2.28. The van der Waals surface area contributed by atoms with E-state index in [1.54, 1.807) is 4.91 Å². The van der Waals surface area contributed by atoms with Crippen LogP contribution in [0.3, 0.4) is 0 Å². The molecule has 0 N–H and O–H groups in total. The Hall–Kier alpha value is 0.0900. The fourth-order valence-corrected chi connectivity index (χ4v) is 2.59. The second kappa shape index (κ2) is 3.66. The third-order valence-corrected chi connectivity index (χ3v) is 3.78. The van der Waals surface area contributed by atoms with Crippen molar-refractivity contribution in [1.29, 1.82) is 0 Å². The van der Waals surface area contributed by atoms with Crippen molar-refractivity contribution in [1.82, 2.24) is 0 Å². The van der Waals surface area contributed by atoms with Gasteiger partial charge in [-0.1, -0.05) is 26.8 Å². The maximum atomic E-state index is 2.45. The van der Waals surface area contributed by atoms with E-state index < -0.39 is 0 Å². The average molecular weight is 170 g/mol. The van der Waals surface area contributed by atoms with E-state index >= 15 is 0 Å². The van der Waals surface area contributed by atoms with Gasteiger partial charge in [-0.2, -0.15) is 0 Å². The van der Waals surface area contributed by atoms with E-state index in [2.05, 4.69) is 33.1 Å². The molecule has 0 aromatic heterocycles. The molecule has 0 radical (unpaired) electrons. The Morgan fingerprint density at radius 2 is 2.00 bits per heavy atom. The second-order valence-corrected chi connectivity index (χ2v) is 4.63. The molecule has 0 aromatic carbocycles. The molecule has 0 nitrogen and oxygen atoms in total. The van der Waals surface area contributed by atoms with Gasteiger partial charge in [0.2, 0.25) is 0 Å². The summed E-state index contributed by atoms with van der Waals surface area (Å²) in [5, 5.41) is 0. The van der Waals surface area contributed by atoms with Gasteiger partial charge in [0.25, 0.3) is 0 Å². The molecule has 0 aliphatic heterocycles. The van der Waals surface area contributed by atoms with E-state index in [0.717, 1.165) is 17.8 Å². The van der Waals surface area contributed by atoms with E-state index in [9.17, 15) is 0 Å². The minimum absolute atomic E-state index is 0.786. The molecule has 0 saturated heterocycles. The standard InChI is InChI=1S/C10H18S/c1-7-5-9(3)10(11-4)6-8(7)2/h6-9H,5H2,1-4H3. The Morgan fingerprint density at radius 1 is 1.36 bits per heavy atom. The lowest BCUT2D eigenvalue weighted by molar-refractivity contribution is 0.360. The van der Waals surface area contributed by atoms with Crippen LogP contribution in [0.15, 0.2) is 11.0 Å². The average Bonchev–Trinajstić information content (AvgIpc) is 1.97. The first-order chi connectivity index (χ1) is 5.15. The minimum atomic E-state index is 0.786. The zero-order valence-electron chi connectivity index (χ0n) is 7.92. The Kier molecular flexibility index (Phi) is 3.06. The third kappa shape index (κ3) is 2.02. The van der Waals surface area contributed by atoms with Gasteiger partial charge in [0.15, 0.2) is 0 Å². The lowest BCUT2D eigenvalue weighted by atomic mass is 9.82. The van der Waals surface area contributed by atoms with Gasteiger partial charge in [-0.25, -0.2) is 0 Å². The molecule has 1 rings (SSSR count). The quantitative estimate of drug-likeness (QED) is 0.580. The van der Waals surface area contributed by atoms with Crippen molar-refractivity contribution >= 4 is 11.8 Å². The molecule has 1 heteroatoms. The van der Waals surface area contributed by atoms with Crippen LogP contribution in [0, 0.1) is 17.8 Å². The number of hydrogen-bond acceptors (Lipinski definition) is 1. The summed E-state index contributed by atoms with van der Waals surface area (Å²) in [5.74, 6) is 2.46. The summed E-state index contributed by atoms with van der Waals surface area (Å²) in [6.45, 7) is 7.02. The van der Waals surface area contributed by atoms with Gasteiger partial charge in [-0.3, -0.25) is 0 Å². The van der Waals surface area contributed by atoms with E-state index in [-0.39, 0.29) is 0 Å². The summed E-state index contributed by atoms with van der Waals surface area (Å²) in [4.78, 5) is 1.59. The van der Waals surface area contributed by atoms with E-state index in [1.807, 2.05) is 11.8 Å². The van der Waals surface area contributed by atoms with Crippen LogP contribution < -0.4 is 0 Å². The fourth-order valence-electron chi connectivity index (χ4n) is 1.75. The van der Waals surface area contributed by atoms with Crippen molar-refractivity contribution in [2.24, 2.45) is 17.8 Å².